The minimum absolute atomic E-state index is 0.0589. The molecular weight excluding hydrogens is 336 g/mol. The molecule has 1 unspecified atom stereocenters. The Hall–Kier alpha value is -3.21. The predicted molar refractivity (Wildman–Crippen MR) is 106 cm³/mol. The summed E-state index contributed by atoms with van der Waals surface area (Å²) < 4.78 is 0. The molecule has 0 bridgehead atoms. The SMILES string of the molecule is Cc1nc2ccc(C(=O)NC3Cc4[nH]c5ccccc5c4C3)cc2nc1C. The van der Waals surface area contributed by atoms with Crippen LogP contribution in [0.3, 0.4) is 0 Å². The number of benzene rings is 2. The third-order valence-electron chi connectivity index (χ3n) is 5.48. The second-order valence-corrected chi connectivity index (χ2v) is 7.30. The van der Waals surface area contributed by atoms with E-state index in [0.29, 0.717) is 5.56 Å². The number of aryl methyl sites for hydroxylation is 2. The highest BCUT2D eigenvalue weighted by molar-refractivity contribution is 5.97. The molecule has 0 aliphatic heterocycles. The number of para-hydroxylation sites is 1. The summed E-state index contributed by atoms with van der Waals surface area (Å²) in [6, 6.07) is 14.0. The van der Waals surface area contributed by atoms with E-state index in [2.05, 4.69) is 38.5 Å². The molecule has 0 radical (unpaired) electrons. The maximum atomic E-state index is 12.8. The quantitative estimate of drug-likeness (QED) is 0.576. The molecule has 0 spiro atoms. The Balaban J connectivity index is 1.37. The summed E-state index contributed by atoms with van der Waals surface area (Å²) in [7, 11) is 0. The first-order chi connectivity index (χ1) is 13.1. The van der Waals surface area contributed by atoms with Crippen molar-refractivity contribution in [1.29, 1.82) is 0 Å². The van der Waals surface area contributed by atoms with E-state index in [4.69, 9.17) is 0 Å². The lowest BCUT2D eigenvalue weighted by Crippen LogP contribution is -2.35. The van der Waals surface area contributed by atoms with E-state index in [1.165, 1.54) is 22.2 Å². The highest BCUT2D eigenvalue weighted by Gasteiger charge is 2.26. The van der Waals surface area contributed by atoms with Crippen molar-refractivity contribution < 1.29 is 4.79 Å². The number of aromatic amines is 1. The molecule has 0 saturated heterocycles. The molecule has 1 atom stereocenters. The Morgan fingerprint density at radius 3 is 2.67 bits per heavy atom. The van der Waals surface area contributed by atoms with Crippen LogP contribution in [0.1, 0.15) is 33.0 Å². The number of H-pyrrole nitrogens is 1. The Labute approximate surface area is 156 Å². The second-order valence-electron chi connectivity index (χ2n) is 7.30. The molecule has 2 heterocycles. The van der Waals surface area contributed by atoms with Crippen LogP contribution < -0.4 is 5.32 Å². The van der Waals surface area contributed by atoms with Gasteiger partial charge in [0.1, 0.15) is 0 Å². The van der Waals surface area contributed by atoms with Gasteiger partial charge in [-0.1, -0.05) is 18.2 Å². The highest BCUT2D eigenvalue weighted by atomic mass is 16.1. The molecule has 1 aliphatic rings. The number of hydrogen-bond acceptors (Lipinski definition) is 3. The maximum Gasteiger partial charge on any atom is 0.251 e. The molecule has 2 aromatic heterocycles. The van der Waals surface area contributed by atoms with Crippen molar-refractivity contribution in [3.8, 4) is 0 Å². The van der Waals surface area contributed by atoms with Crippen molar-refractivity contribution >= 4 is 27.8 Å². The summed E-state index contributed by atoms with van der Waals surface area (Å²) in [6.45, 7) is 3.88. The van der Waals surface area contributed by atoms with E-state index >= 15 is 0 Å². The van der Waals surface area contributed by atoms with Crippen LogP contribution in [0.2, 0.25) is 0 Å². The number of nitrogens with zero attached hydrogens (tertiary/aromatic N) is 2. The Bertz CT molecular complexity index is 1210. The van der Waals surface area contributed by atoms with Crippen LogP contribution in [0.15, 0.2) is 42.5 Å². The van der Waals surface area contributed by atoms with E-state index in [-0.39, 0.29) is 11.9 Å². The van der Waals surface area contributed by atoms with Gasteiger partial charge in [-0.2, -0.15) is 0 Å². The minimum Gasteiger partial charge on any atom is -0.358 e. The van der Waals surface area contributed by atoms with Gasteiger partial charge in [-0.3, -0.25) is 4.79 Å². The number of hydrogen-bond donors (Lipinski definition) is 2. The molecule has 1 aliphatic carbocycles. The van der Waals surface area contributed by atoms with Gasteiger partial charge in [0.05, 0.1) is 22.4 Å². The van der Waals surface area contributed by atoms with Gasteiger partial charge in [0.2, 0.25) is 0 Å². The number of carbonyl (C=O) groups excluding carboxylic acids is 1. The Morgan fingerprint density at radius 1 is 1.04 bits per heavy atom. The zero-order valence-corrected chi connectivity index (χ0v) is 15.3. The van der Waals surface area contributed by atoms with Gasteiger partial charge in [-0.05, 0) is 50.1 Å². The number of amides is 1. The normalized spacial score (nSPS) is 16.0. The first kappa shape index (κ1) is 16.0. The smallest absolute Gasteiger partial charge is 0.251 e. The molecule has 5 rings (SSSR count). The zero-order valence-electron chi connectivity index (χ0n) is 15.3. The van der Waals surface area contributed by atoms with Crippen LogP contribution in [0.25, 0.3) is 21.9 Å². The largest absolute Gasteiger partial charge is 0.358 e. The van der Waals surface area contributed by atoms with Gasteiger partial charge in [0.25, 0.3) is 5.91 Å². The monoisotopic (exact) mass is 356 g/mol. The fourth-order valence-electron chi connectivity index (χ4n) is 3.97. The van der Waals surface area contributed by atoms with Crippen molar-refractivity contribution in [2.45, 2.75) is 32.7 Å². The first-order valence-electron chi connectivity index (χ1n) is 9.23. The van der Waals surface area contributed by atoms with E-state index in [0.717, 1.165) is 35.3 Å². The van der Waals surface area contributed by atoms with Gasteiger partial charge in [-0.25, -0.2) is 9.97 Å². The third-order valence-corrected chi connectivity index (χ3v) is 5.48. The average Bonchev–Trinajstić information content (AvgIpc) is 3.19. The van der Waals surface area contributed by atoms with Crippen molar-refractivity contribution in [2.75, 3.05) is 0 Å². The van der Waals surface area contributed by atoms with Crippen molar-refractivity contribution in [2.24, 2.45) is 0 Å². The molecular formula is C22H20N4O. The zero-order chi connectivity index (χ0) is 18.5. The van der Waals surface area contributed by atoms with Crippen LogP contribution in [0.5, 0.6) is 0 Å². The van der Waals surface area contributed by atoms with Gasteiger partial charge < -0.3 is 10.3 Å². The third kappa shape index (κ3) is 2.67. The summed E-state index contributed by atoms with van der Waals surface area (Å²) in [4.78, 5) is 25.3. The lowest BCUT2D eigenvalue weighted by molar-refractivity contribution is 0.0938. The van der Waals surface area contributed by atoms with Crippen LogP contribution in [-0.2, 0) is 12.8 Å². The van der Waals surface area contributed by atoms with Crippen LogP contribution >= 0.6 is 0 Å². The van der Waals surface area contributed by atoms with Crippen LogP contribution in [0, 0.1) is 13.8 Å². The second kappa shape index (κ2) is 5.91. The van der Waals surface area contributed by atoms with Gasteiger partial charge in [-0.15, -0.1) is 0 Å². The number of rotatable bonds is 2. The fraction of sp³-hybridized carbons (Fsp3) is 0.227. The lowest BCUT2D eigenvalue weighted by Gasteiger charge is -2.13. The number of aromatic nitrogens is 3. The molecule has 27 heavy (non-hydrogen) atoms. The van der Waals surface area contributed by atoms with Crippen LogP contribution in [-0.4, -0.2) is 26.9 Å². The van der Waals surface area contributed by atoms with Crippen molar-refractivity contribution in [1.82, 2.24) is 20.3 Å². The average molecular weight is 356 g/mol. The lowest BCUT2D eigenvalue weighted by atomic mass is 10.1. The van der Waals surface area contributed by atoms with E-state index in [9.17, 15) is 4.79 Å². The number of nitrogens with one attached hydrogen (secondary N) is 2. The molecule has 5 heteroatoms. The number of carbonyl (C=O) groups is 1. The summed E-state index contributed by atoms with van der Waals surface area (Å²) >= 11 is 0. The summed E-state index contributed by atoms with van der Waals surface area (Å²) in [6.07, 6.45) is 1.69. The topological polar surface area (TPSA) is 70.7 Å². The van der Waals surface area contributed by atoms with Crippen LogP contribution in [0.4, 0.5) is 0 Å². The van der Waals surface area contributed by atoms with E-state index in [1.807, 2.05) is 38.1 Å². The first-order valence-corrected chi connectivity index (χ1v) is 9.23. The minimum atomic E-state index is -0.0589. The standard InChI is InChI=1S/C22H20N4O/c1-12-13(2)24-21-9-14(7-8-19(21)23-12)22(27)25-15-10-17-16-5-3-4-6-18(16)26-20(17)11-15/h3-9,15,26H,10-11H2,1-2H3,(H,25,27). The molecule has 4 aromatic rings. The molecule has 0 fully saturated rings. The van der Waals surface area contributed by atoms with E-state index in [1.54, 1.807) is 0 Å². The number of fused-ring (bicyclic) bond motifs is 4. The highest BCUT2D eigenvalue weighted by Crippen LogP contribution is 2.30. The van der Waals surface area contributed by atoms with E-state index < -0.39 is 0 Å². The summed E-state index contributed by atoms with van der Waals surface area (Å²) in [5.41, 5.74) is 7.74. The molecule has 5 nitrogen and oxygen atoms in total. The molecule has 2 N–H and O–H groups in total. The molecule has 134 valence electrons. The Morgan fingerprint density at radius 2 is 1.81 bits per heavy atom. The van der Waals surface area contributed by atoms with Crippen molar-refractivity contribution in [3.05, 3.63) is 70.7 Å². The summed E-state index contributed by atoms with van der Waals surface area (Å²) in [5, 5.41) is 4.44. The van der Waals surface area contributed by atoms with Gasteiger partial charge in [0.15, 0.2) is 0 Å². The maximum absolute atomic E-state index is 12.8. The fourth-order valence-corrected chi connectivity index (χ4v) is 3.97. The predicted octanol–water partition coefficient (Wildman–Crippen LogP) is 3.63. The molecule has 0 saturated carbocycles. The Kier molecular flexibility index (Phi) is 3.50. The summed E-state index contributed by atoms with van der Waals surface area (Å²) in [5.74, 6) is -0.0589. The molecule has 2 aromatic carbocycles. The molecule has 1 amide bonds. The van der Waals surface area contributed by atoms with Gasteiger partial charge >= 0.3 is 0 Å². The van der Waals surface area contributed by atoms with Crippen molar-refractivity contribution in [3.63, 3.8) is 0 Å². The van der Waals surface area contributed by atoms with Gasteiger partial charge in [0, 0.05) is 34.6 Å².